The number of nitrogens with zero attached hydrogens (tertiary/aromatic N) is 4. The minimum Gasteiger partial charge on any atom is -0.267 e. The molecule has 6 heteroatoms. The molecule has 6 aromatic rings. The topological polar surface area (TPSA) is 60.7 Å². The minimum atomic E-state index is -0.0690. The lowest BCUT2D eigenvalue weighted by Crippen LogP contribution is -2.23. The molecule has 2 aromatic carbocycles. The van der Waals surface area contributed by atoms with Crippen molar-refractivity contribution >= 4 is 43.2 Å². The number of hydrogen-bond acceptors (Lipinski definition) is 5. The zero-order valence-electron chi connectivity index (χ0n) is 17.1. The van der Waals surface area contributed by atoms with E-state index in [4.69, 9.17) is 4.98 Å². The number of fused-ring (bicyclic) bond motifs is 3. The smallest absolute Gasteiger partial charge is 0.267 e. The summed E-state index contributed by atoms with van der Waals surface area (Å²) in [6.07, 6.45) is 4.22. The van der Waals surface area contributed by atoms with Crippen molar-refractivity contribution in [3.8, 4) is 11.1 Å². The van der Waals surface area contributed by atoms with Gasteiger partial charge in [-0.05, 0) is 29.8 Å². The van der Waals surface area contributed by atoms with Crippen molar-refractivity contribution in [2.24, 2.45) is 0 Å². The van der Waals surface area contributed by atoms with Gasteiger partial charge in [0, 0.05) is 40.0 Å². The van der Waals surface area contributed by atoms with Crippen molar-refractivity contribution < 1.29 is 0 Å². The second-order valence-electron chi connectivity index (χ2n) is 7.68. The molecule has 0 atom stereocenters. The summed E-state index contributed by atoms with van der Waals surface area (Å²) in [4.78, 5) is 22.6. The molecule has 0 saturated carbocycles. The van der Waals surface area contributed by atoms with Crippen molar-refractivity contribution in [1.82, 2.24) is 19.7 Å². The number of pyridine rings is 2. The summed E-state index contributed by atoms with van der Waals surface area (Å²) in [5.41, 5.74) is 4.72. The number of aryl methyl sites for hydroxylation is 2. The fourth-order valence-electron chi connectivity index (χ4n) is 4.16. The summed E-state index contributed by atoms with van der Waals surface area (Å²) >= 11 is 1.55. The normalized spacial score (nSPS) is 11.5. The van der Waals surface area contributed by atoms with Gasteiger partial charge in [-0.3, -0.25) is 14.8 Å². The SMILES string of the molecule is O=c1c2c(-c3cccc4ncccc34)csc2cnn1CCc1ccc2ccccc2n1. The molecule has 4 aromatic heterocycles. The Morgan fingerprint density at radius 2 is 1.78 bits per heavy atom. The highest BCUT2D eigenvalue weighted by molar-refractivity contribution is 7.17. The van der Waals surface area contributed by atoms with E-state index in [9.17, 15) is 4.79 Å². The zero-order chi connectivity index (χ0) is 21.5. The zero-order valence-corrected chi connectivity index (χ0v) is 17.9. The summed E-state index contributed by atoms with van der Waals surface area (Å²) in [5, 5.41) is 9.34. The number of para-hydroxylation sites is 1. The van der Waals surface area contributed by atoms with E-state index in [0.717, 1.165) is 43.3 Å². The monoisotopic (exact) mass is 434 g/mol. The van der Waals surface area contributed by atoms with Gasteiger partial charge in [0.25, 0.3) is 5.56 Å². The Morgan fingerprint density at radius 3 is 2.75 bits per heavy atom. The minimum absolute atomic E-state index is 0.0690. The molecule has 154 valence electrons. The lowest BCUT2D eigenvalue weighted by Gasteiger charge is -2.08. The molecule has 0 aliphatic carbocycles. The van der Waals surface area contributed by atoms with E-state index in [1.165, 1.54) is 0 Å². The molecule has 0 bridgehead atoms. The van der Waals surface area contributed by atoms with Gasteiger partial charge in [-0.1, -0.05) is 42.5 Å². The Balaban J connectivity index is 1.40. The Bertz CT molecular complexity index is 1660. The highest BCUT2D eigenvalue weighted by Gasteiger charge is 2.15. The van der Waals surface area contributed by atoms with Gasteiger partial charge in [-0.25, -0.2) is 4.68 Å². The van der Waals surface area contributed by atoms with Gasteiger partial charge in [-0.15, -0.1) is 11.3 Å². The van der Waals surface area contributed by atoms with Crippen molar-refractivity contribution in [2.45, 2.75) is 13.0 Å². The van der Waals surface area contributed by atoms with E-state index < -0.39 is 0 Å². The van der Waals surface area contributed by atoms with Gasteiger partial charge in [0.2, 0.25) is 0 Å². The summed E-state index contributed by atoms with van der Waals surface area (Å²) in [5.74, 6) is 0. The van der Waals surface area contributed by atoms with Crippen LogP contribution in [0.5, 0.6) is 0 Å². The molecule has 0 radical (unpaired) electrons. The van der Waals surface area contributed by atoms with Crippen LogP contribution in [0.1, 0.15) is 5.69 Å². The molecule has 0 N–H and O–H groups in total. The predicted molar refractivity (Wildman–Crippen MR) is 130 cm³/mol. The quantitative estimate of drug-likeness (QED) is 0.369. The standard InChI is InChI=1S/C26H18N4OS/c31-26-25-21(19-6-3-9-23-20(19)7-4-13-27-23)16-32-24(25)15-28-30(26)14-12-18-11-10-17-5-1-2-8-22(17)29-18/h1-11,13,15-16H,12,14H2. The molecule has 6 rings (SSSR count). The fourth-order valence-corrected chi connectivity index (χ4v) is 5.07. The second kappa shape index (κ2) is 7.66. The fraction of sp³-hybridized carbons (Fsp3) is 0.0769. The Kier molecular flexibility index (Phi) is 4.51. The van der Waals surface area contributed by atoms with Crippen LogP contribution >= 0.6 is 11.3 Å². The molecular weight excluding hydrogens is 416 g/mol. The van der Waals surface area contributed by atoms with Crippen molar-refractivity contribution in [3.05, 3.63) is 101 Å². The van der Waals surface area contributed by atoms with Crippen LogP contribution in [0, 0.1) is 0 Å². The third kappa shape index (κ3) is 3.16. The lowest BCUT2D eigenvalue weighted by atomic mass is 10.0. The largest absolute Gasteiger partial charge is 0.276 e. The highest BCUT2D eigenvalue weighted by Crippen LogP contribution is 2.35. The molecule has 5 nitrogen and oxygen atoms in total. The Hall–Kier alpha value is -3.90. The number of hydrogen-bond donors (Lipinski definition) is 0. The summed E-state index contributed by atoms with van der Waals surface area (Å²) in [6.45, 7) is 0.479. The van der Waals surface area contributed by atoms with Crippen LogP contribution in [0.3, 0.4) is 0 Å². The molecule has 0 aliphatic rings. The van der Waals surface area contributed by atoms with E-state index in [1.54, 1.807) is 28.4 Å². The van der Waals surface area contributed by atoms with E-state index in [-0.39, 0.29) is 5.56 Å². The molecule has 0 saturated heterocycles. The maximum absolute atomic E-state index is 13.4. The maximum Gasteiger partial charge on any atom is 0.276 e. The van der Waals surface area contributed by atoms with Gasteiger partial charge in [0.15, 0.2) is 0 Å². The number of benzene rings is 2. The molecule has 0 fully saturated rings. The maximum atomic E-state index is 13.4. The number of thiophene rings is 1. The van der Waals surface area contributed by atoms with Gasteiger partial charge in [0.05, 0.1) is 33.9 Å². The first-order valence-electron chi connectivity index (χ1n) is 10.4. The number of aromatic nitrogens is 4. The average Bonchev–Trinajstić information content (AvgIpc) is 3.28. The molecule has 32 heavy (non-hydrogen) atoms. The first-order valence-corrected chi connectivity index (χ1v) is 11.3. The number of rotatable bonds is 4. The molecule has 0 unspecified atom stereocenters. The van der Waals surface area contributed by atoms with E-state index in [0.29, 0.717) is 18.4 Å². The van der Waals surface area contributed by atoms with Crippen molar-refractivity contribution in [3.63, 3.8) is 0 Å². The summed E-state index contributed by atoms with van der Waals surface area (Å²) < 4.78 is 2.45. The van der Waals surface area contributed by atoms with Gasteiger partial charge in [0.1, 0.15) is 0 Å². The van der Waals surface area contributed by atoms with E-state index in [1.807, 2.05) is 60.0 Å². The van der Waals surface area contributed by atoms with E-state index >= 15 is 0 Å². The third-order valence-corrected chi connectivity index (χ3v) is 6.67. The molecule has 0 aliphatic heterocycles. The first-order chi connectivity index (χ1) is 15.8. The third-order valence-electron chi connectivity index (χ3n) is 5.75. The van der Waals surface area contributed by atoms with E-state index in [2.05, 4.69) is 22.2 Å². The highest BCUT2D eigenvalue weighted by atomic mass is 32.1. The van der Waals surface area contributed by atoms with Crippen LogP contribution in [-0.4, -0.2) is 19.7 Å². The predicted octanol–water partition coefficient (Wildman–Crippen LogP) is 5.46. The molecular formula is C26H18N4OS. The van der Waals surface area contributed by atoms with Crippen LogP contribution in [0.2, 0.25) is 0 Å². The second-order valence-corrected chi connectivity index (χ2v) is 8.59. The van der Waals surface area contributed by atoms with Crippen LogP contribution in [-0.2, 0) is 13.0 Å². The molecule has 4 heterocycles. The Labute approximate surface area is 187 Å². The van der Waals surface area contributed by atoms with Gasteiger partial charge >= 0.3 is 0 Å². The summed E-state index contributed by atoms with van der Waals surface area (Å²) in [6, 6.07) is 22.1. The van der Waals surface area contributed by atoms with Crippen LogP contribution in [0.15, 0.2) is 89.3 Å². The average molecular weight is 435 g/mol. The van der Waals surface area contributed by atoms with Crippen molar-refractivity contribution in [2.75, 3.05) is 0 Å². The molecule has 0 amide bonds. The van der Waals surface area contributed by atoms with Crippen LogP contribution in [0.25, 0.3) is 43.0 Å². The van der Waals surface area contributed by atoms with Crippen LogP contribution in [0.4, 0.5) is 0 Å². The van der Waals surface area contributed by atoms with Crippen molar-refractivity contribution in [1.29, 1.82) is 0 Å². The lowest BCUT2D eigenvalue weighted by molar-refractivity contribution is 0.580. The van der Waals surface area contributed by atoms with Gasteiger partial charge in [-0.2, -0.15) is 5.10 Å². The van der Waals surface area contributed by atoms with Gasteiger partial charge < -0.3 is 0 Å². The summed E-state index contributed by atoms with van der Waals surface area (Å²) in [7, 11) is 0. The molecule has 0 spiro atoms. The first kappa shape index (κ1) is 18.8. The Morgan fingerprint density at radius 1 is 0.875 bits per heavy atom. The van der Waals surface area contributed by atoms with Crippen LogP contribution < -0.4 is 5.56 Å².